The molecule has 21 heavy (non-hydrogen) atoms. The first-order chi connectivity index (χ1) is 10.1. The van der Waals surface area contributed by atoms with Crippen molar-refractivity contribution in [2.24, 2.45) is 0 Å². The normalized spacial score (nSPS) is 18.2. The van der Waals surface area contributed by atoms with Crippen LogP contribution in [0, 0.1) is 0 Å². The summed E-state index contributed by atoms with van der Waals surface area (Å²) in [5, 5.41) is 0.539. The number of hydrogen-bond donors (Lipinski definition) is 0. The van der Waals surface area contributed by atoms with E-state index in [0.29, 0.717) is 23.9 Å². The average Bonchev–Trinajstić information content (AvgIpc) is 2.52. The minimum Gasteiger partial charge on any atom is -0.484 e. The number of methoxy groups -OCH3 is 1. The van der Waals surface area contributed by atoms with Crippen molar-refractivity contribution in [2.75, 3.05) is 33.4 Å². The first kappa shape index (κ1) is 15.6. The molecule has 114 valence electrons. The summed E-state index contributed by atoms with van der Waals surface area (Å²) in [6, 6.07) is 6.81. The maximum absolute atomic E-state index is 12.1. The fraction of sp³-hybridized carbons (Fsp3) is 0.429. The van der Waals surface area contributed by atoms with Gasteiger partial charge in [0.25, 0.3) is 5.91 Å². The quantitative estimate of drug-likeness (QED) is 0.779. The van der Waals surface area contributed by atoms with Gasteiger partial charge in [-0.2, -0.15) is 0 Å². The lowest BCUT2D eigenvalue weighted by atomic mass is 10.2. The summed E-state index contributed by atoms with van der Waals surface area (Å²) in [5.41, 5.74) is 0. The van der Waals surface area contributed by atoms with E-state index in [0.717, 1.165) is 0 Å². The maximum Gasteiger partial charge on any atom is 0.336 e. The van der Waals surface area contributed by atoms with E-state index in [-0.39, 0.29) is 19.1 Å². The third-order valence-corrected chi connectivity index (χ3v) is 3.28. The molecule has 1 aliphatic heterocycles. The van der Waals surface area contributed by atoms with Gasteiger partial charge in [0.1, 0.15) is 5.75 Å². The van der Waals surface area contributed by atoms with E-state index in [2.05, 4.69) is 4.74 Å². The average molecular weight is 314 g/mol. The van der Waals surface area contributed by atoms with Crippen LogP contribution < -0.4 is 4.74 Å². The number of carbonyl (C=O) groups excluding carboxylic acids is 2. The van der Waals surface area contributed by atoms with E-state index in [1.165, 1.54) is 12.0 Å². The van der Waals surface area contributed by atoms with Gasteiger partial charge in [-0.3, -0.25) is 4.79 Å². The molecule has 1 heterocycles. The van der Waals surface area contributed by atoms with Gasteiger partial charge in [-0.15, -0.1) is 0 Å². The summed E-state index contributed by atoms with van der Waals surface area (Å²) in [7, 11) is 1.29. The van der Waals surface area contributed by atoms with Gasteiger partial charge in [0, 0.05) is 11.6 Å². The molecule has 7 heteroatoms. The molecule has 0 saturated carbocycles. The zero-order chi connectivity index (χ0) is 15.2. The number of hydrogen-bond acceptors (Lipinski definition) is 5. The molecule has 0 aliphatic carbocycles. The molecule has 1 aromatic rings. The molecular weight excluding hydrogens is 298 g/mol. The highest BCUT2D eigenvalue weighted by Gasteiger charge is 2.29. The molecule has 0 aromatic heterocycles. The van der Waals surface area contributed by atoms with Crippen molar-refractivity contribution in [1.29, 1.82) is 0 Å². The smallest absolute Gasteiger partial charge is 0.336 e. The summed E-state index contributed by atoms with van der Waals surface area (Å²) in [6.45, 7) is 0.770. The van der Waals surface area contributed by atoms with Crippen LogP contribution in [0.15, 0.2) is 24.3 Å². The summed E-state index contributed by atoms with van der Waals surface area (Å²) in [4.78, 5) is 25.0. The number of esters is 1. The Kier molecular flexibility index (Phi) is 5.41. The number of benzene rings is 1. The molecule has 0 spiro atoms. The summed E-state index contributed by atoms with van der Waals surface area (Å²) in [6.07, 6.45) is -0.737. The molecule has 0 N–H and O–H groups in total. The Bertz CT molecular complexity index is 522. The Hall–Kier alpha value is -1.79. The lowest BCUT2D eigenvalue weighted by Gasteiger charge is -2.31. The molecule has 1 atom stereocenters. The molecule has 0 bridgehead atoms. The van der Waals surface area contributed by atoms with Crippen molar-refractivity contribution in [3.8, 4) is 5.75 Å². The molecular formula is C14H16ClNO5. The standard InChI is InChI=1S/C14H16ClNO5/c1-19-14(18)12-8-16(5-6-20-12)13(17)9-21-11-4-2-3-10(15)7-11/h2-4,7,12H,5-6,8-9H2,1H3. The van der Waals surface area contributed by atoms with E-state index < -0.39 is 12.1 Å². The molecule has 1 aliphatic rings. The second-order valence-electron chi connectivity index (χ2n) is 4.47. The van der Waals surface area contributed by atoms with Crippen molar-refractivity contribution in [3.63, 3.8) is 0 Å². The second kappa shape index (κ2) is 7.28. The molecule has 6 nitrogen and oxygen atoms in total. The number of rotatable bonds is 4. The largest absolute Gasteiger partial charge is 0.484 e. The molecule has 1 aromatic carbocycles. The van der Waals surface area contributed by atoms with E-state index in [4.69, 9.17) is 21.1 Å². The number of ether oxygens (including phenoxy) is 3. The van der Waals surface area contributed by atoms with Crippen LogP contribution in [0.3, 0.4) is 0 Å². The Labute approximate surface area is 127 Å². The SMILES string of the molecule is COC(=O)C1CN(C(=O)COc2cccc(Cl)c2)CCO1. The van der Waals surface area contributed by atoms with Crippen molar-refractivity contribution in [2.45, 2.75) is 6.10 Å². The van der Waals surface area contributed by atoms with Gasteiger partial charge in [-0.25, -0.2) is 4.79 Å². The van der Waals surface area contributed by atoms with Crippen molar-refractivity contribution in [3.05, 3.63) is 29.3 Å². The van der Waals surface area contributed by atoms with E-state index >= 15 is 0 Å². The monoisotopic (exact) mass is 313 g/mol. The van der Waals surface area contributed by atoms with Crippen LogP contribution in [-0.4, -0.2) is 56.3 Å². The van der Waals surface area contributed by atoms with Gasteiger partial charge in [-0.1, -0.05) is 17.7 Å². The first-order valence-electron chi connectivity index (χ1n) is 6.45. The zero-order valence-electron chi connectivity index (χ0n) is 11.6. The molecule has 0 radical (unpaired) electrons. The number of morpholine rings is 1. The van der Waals surface area contributed by atoms with Gasteiger partial charge >= 0.3 is 5.97 Å². The van der Waals surface area contributed by atoms with Gasteiger partial charge in [0.15, 0.2) is 12.7 Å². The number of nitrogens with zero attached hydrogens (tertiary/aromatic N) is 1. The molecule has 1 unspecified atom stereocenters. The third-order valence-electron chi connectivity index (χ3n) is 3.04. The van der Waals surface area contributed by atoms with Crippen LogP contribution in [0.5, 0.6) is 5.75 Å². The van der Waals surface area contributed by atoms with Crippen molar-refractivity contribution >= 4 is 23.5 Å². The first-order valence-corrected chi connectivity index (χ1v) is 6.83. The molecule has 1 fully saturated rings. The Morgan fingerprint density at radius 1 is 1.48 bits per heavy atom. The maximum atomic E-state index is 12.1. The van der Waals surface area contributed by atoms with E-state index in [1.807, 2.05) is 0 Å². The zero-order valence-corrected chi connectivity index (χ0v) is 12.3. The topological polar surface area (TPSA) is 65.1 Å². The number of amides is 1. The highest BCUT2D eigenvalue weighted by Crippen LogP contribution is 2.17. The minimum atomic E-state index is -0.737. The molecule has 2 rings (SSSR count). The highest BCUT2D eigenvalue weighted by molar-refractivity contribution is 6.30. The van der Waals surface area contributed by atoms with E-state index in [9.17, 15) is 9.59 Å². The van der Waals surface area contributed by atoms with Crippen LogP contribution in [0.1, 0.15) is 0 Å². The Balaban J connectivity index is 1.86. The van der Waals surface area contributed by atoms with E-state index in [1.54, 1.807) is 24.3 Å². The second-order valence-corrected chi connectivity index (χ2v) is 4.90. The van der Waals surface area contributed by atoms with Gasteiger partial charge in [-0.05, 0) is 18.2 Å². The van der Waals surface area contributed by atoms with Gasteiger partial charge in [0.2, 0.25) is 0 Å². The van der Waals surface area contributed by atoms with Crippen LogP contribution in [-0.2, 0) is 19.1 Å². The lowest BCUT2D eigenvalue weighted by molar-refractivity contribution is -0.163. The summed E-state index contributed by atoms with van der Waals surface area (Å²) < 4.78 is 15.3. The third kappa shape index (κ3) is 4.34. The Morgan fingerprint density at radius 3 is 3.00 bits per heavy atom. The number of halogens is 1. The predicted molar refractivity (Wildman–Crippen MR) is 75.3 cm³/mol. The fourth-order valence-corrected chi connectivity index (χ4v) is 2.12. The molecule has 1 saturated heterocycles. The highest BCUT2D eigenvalue weighted by atomic mass is 35.5. The Morgan fingerprint density at radius 2 is 2.29 bits per heavy atom. The predicted octanol–water partition coefficient (Wildman–Crippen LogP) is 1.12. The fourth-order valence-electron chi connectivity index (χ4n) is 1.94. The summed E-state index contributed by atoms with van der Waals surface area (Å²) >= 11 is 5.84. The lowest BCUT2D eigenvalue weighted by Crippen LogP contribution is -2.50. The van der Waals surface area contributed by atoms with Crippen molar-refractivity contribution < 1.29 is 23.8 Å². The summed E-state index contributed by atoms with van der Waals surface area (Å²) in [5.74, 6) is -0.177. The van der Waals surface area contributed by atoms with Gasteiger partial charge in [0.05, 0.1) is 20.3 Å². The minimum absolute atomic E-state index is 0.117. The van der Waals surface area contributed by atoms with Crippen LogP contribution in [0.4, 0.5) is 0 Å². The number of carbonyl (C=O) groups is 2. The van der Waals surface area contributed by atoms with Crippen LogP contribution in [0.2, 0.25) is 5.02 Å². The van der Waals surface area contributed by atoms with Crippen LogP contribution in [0.25, 0.3) is 0 Å². The van der Waals surface area contributed by atoms with Crippen molar-refractivity contribution in [1.82, 2.24) is 4.90 Å². The molecule has 1 amide bonds. The van der Waals surface area contributed by atoms with Crippen LogP contribution >= 0.6 is 11.6 Å². The van der Waals surface area contributed by atoms with Gasteiger partial charge < -0.3 is 19.1 Å².